The number of amides is 1. The summed E-state index contributed by atoms with van der Waals surface area (Å²) in [7, 11) is 1.75. The molecule has 1 aliphatic rings. The Balaban J connectivity index is 2.52. The maximum atomic E-state index is 12.1. The lowest BCUT2D eigenvalue weighted by Gasteiger charge is -2.34. The number of nitrogens with zero attached hydrogens (tertiary/aromatic N) is 2. The molecule has 0 aromatic heterocycles. The van der Waals surface area contributed by atoms with E-state index in [1.165, 1.54) is 0 Å². The van der Waals surface area contributed by atoms with Crippen LogP contribution in [0.3, 0.4) is 0 Å². The SMILES string of the molecule is CCCC(CNC(=NC)N1CCC(C(=O)OCC)CC1)NC(=O)OC(C)(C)C. The van der Waals surface area contributed by atoms with Crippen LogP contribution in [0.5, 0.6) is 0 Å². The molecule has 1 amide bonds. The maximum Gasteiger partial charge on any atom is 0.407 e. The molecule has 1 saturated heterocycles. The molecule has 2 N–H and O–H groups in total. The molecular formula is C20H38N4O4. The van der Waals surface area contributed by atoms with Gasteiger partial charge in [-0.3, -0.25) is 9.79 Å². The molecule has 0 aromatic rings. The van der Waals surface area contributed by atoms with Gasteiger partial charge in [0.25, 0.3) is 0 Å². The first-order chi connectivity index (χ1) is 13.2. The van der Waals surface area contributed by atoms with Crippen molar-refractivity contribution in [1.82, 2.24) is 15.5 Å². The van der Waals surface area contributed by atoms with Crippen LogP contribution in [0.4, 0.5) is 4.79 Å². The fourth-order valence-electron chi connectivity index (χ4n) is 3.18. The van der Waals surface area contributed by atoms with E-state index >= 15 is 0 Å². The minimum atomic E-state index is -0.520. The van der Waals surface area contributed by atoms with Crippen molar-refractivity contribution in [1.29, 1.82) is 0 Å². The fourth-order valence-corrected chi connectivity index (χ4v) is 3.18. The Morgan fingerprint density at radius 1 is 1.21 bits per heavy atom. The highest BCUT2D eigenvalue weighted by Crippen LogP contribution is 2.18. The van der Waals surface area contributed by atoms with Crippen LogP contribution in [-0.4, -0.2) is 67.9 Å². The zero-order chi connectivity index (χ0) is 21.2. The normalized spacial score (nSPS) is 17.1. The van der Waals surface area contributed by atoms with Gasteiger partial charge in [0.05, 0.1) is 12.5 Å². The Bertz CT molecular complexity index is 523. The van der Waals surface area contributed by atoms with Crippen LogP contribution in [0, 0.1) is 5.92 Å². The Kier molecular flexibility index (Phi) is 10.1. The number of aliphatic imine (C=N–C) groups is 1. The van der Waals surface area contributed by atoms with Crippen LogP contribution in [0.1, 0.15) is 60.3 Å². The van der Waals surface area contributed by atoms with Gasteiger partial charge >= 0.3 is 12.1 Å². The number of nitrogens with one attached hydrogen (secondary N) is 2. The van der Waals surface area contributed by atoms with Crippen molar-refractivity contribution in [2.75, 3.05) is 33.3 Å². The first-order valence-electron chi connectivity index (χ1n) is 10.3. The van der Waals surface area contributed by atoms with Crippen LogP contribution in [-0.2, 0) is 14.3 Å². The monoisotopic (exact) mass is 398 g/mol. The first-order valence-corrected chi connectivity index (χ1v) is 10.3. The van der Waals surface area contributed by atoms with Crippen molar-refractivity contribution < 1.29 is 19.1 Å². The summed E-state index contributed by atoms with van der Waals surface area (Å²) in [6.07, 6.45) is 2.90. The molecule has 1 unspecified atom stereocenters. The van der Waals surface area contributed by atoms with E-state index in [4.69, 9.17) is 9.47 Å². The number of alkyl carbamates (subject to hydrolysis) is 1. The first kappa shape index (κ1) is 24.0. The number of hydrogen-bond donors (Lipinski definition) is 2. The summed E-state index contributed by atoms with van der Waals surface area (Å²) in [6, 6.07) is -0.0475. The van der Waals surface area contributed by atoms with Crippen molar-refractivity contribution >= 4 is 18.0 Å². The molecule has 162 valence electrons. The van der Waals surface area contributed by atoms with E-state index in [-0.39, 0.29) is 17.9 Å². The summed E-state index contributed by atoms with van der Waals surface area (Å²) in [5.41, 5.74) is -0.520. The smallest absolute Gasteiger partial charge is 0.407 e. The Morgan fingerprint density at radius 2 is 1.86 bits per heavy atom. The molecule has 1 rings (SSSR count). The number of ether oxygens (including phenoxy) is 2. The van der Waals surface area contributed by atoms with E-state index in [0.29, 0.717) is 13.2 Å². The van der Waals surface area contributed by atoms with Crippen LogP contribution < -0.4 is 10.6 Å². The number of piperidine rings is 1. The highest BCUT2D eigenvalue weighted by Gasteiger charge is 2.27. The molecule has 28 heavy (non-hydrogen) atoms. The summed E-state index contributed by atoms with van der Waals surface area (Å²) < 4.78 is 10.5. The topological polar surface area (TPSA) is 92.3 Å². The van der Waals surface area contributed by atoms with Gasteiger partial charge in [-0.25, -0.2) is 4.79 Å². The molecule has 0 radical (unpaired) electrons. The zero-order valence-electron chi connectivity index (χ0n) is 18.3. The van der Waals surface area contributed by atoms with Crippen molar-refractivity contribution in [3.05, 3.63) is 0 Å². The highest BCUT2D eigenvalue weighted by molar-refractivity contribution is 5.80. The van der Waals surface area contributed by atoms with Gasteiger partial charge in [-0.2, -0.15) is 0 Å². The summed E-state index contributed by atoms with van der Waals surface area (Å²) in [5.74, 6) is 0.653. The van der Waals surface area contributed by atoms with Gasteiger partial charge in [0.2, 0.25) is 0 Å². The molecule has 0 aliphatic carbocycles. The van der Waals surface area contributed by atoms with Crippen molar-refractivity contribution in [3.8, 4) is 0 Å². The molecule has 0 saturated carbocycles. The third-order valence-corrected chi connectivity index (χ3v) is 4.49. The summed E-state index contributed by atoms with van der Waals surface area (Å²) in [5, 5.41) is 6.29. The Morgan fingerprint density at radius 3 is 2.36 bits per heavy atom. The van der Waals surface area contributed by atoms with Gasteiger partial charge in [-0.1, -0.05) is 13.3 Å². The molecule has 8 heteroatoms. The summed E-state index contributed by atoms with van der Waals surface area (Å²) >= 11 is 0. The molecule has 1 atom stereocenters. The van der Waals surface area contributed by atoms with Crippen molar-refractivity contribution in [2.24, 2.45) is 10.9 Å². The minimum Gasteiger partial charge on any atom is -0.466 e. The van der Waals surface area contributed by atoms with Gasteiger partial charge in [0.1, 0.15) is 5.60 Å². The molecular weight excluding hydrogens is 360 g/mol. The highest BCUT2D eigenvalue weighted by atomic mass is 16.6. The van der Waals surface area contributed by atoms with Gasteiger partial charge < -0.3 is 25.0 Å². The molecule has 1 aliphatic heterocycles. The summed E-state index contributed by atoms with van der Waals surface area (Å²) in [4.78, 5) is 30.5. The second-order valence-electron chi connectivity index (χ2n) is 8.07. The lowest BCUT2D eigenvalue weighted by Crippen LogP contribution is -2.51. The van der Waals surface area contributed by atoms with Crippen LogP contribution in [0.25, 0.3) is 0 Å². The van der Waals surface area contributed by atoms with Crippen LogP contribution >= 0.6 is 0 Å². The van der Waals surface area contributed by atoms with E-state index in [1.54, 1.807) is 7.05 Å². The van der Waals surface area contributed by atoms with Crippen LogP contribution in [0.2, 0.25) is 0 Å². The Hall–Kier alpha value is -1.99. The number of carbonyl (C=O) groups is 2. The quantitative estimate of drug-likeness (QED) is 0.389. The Labute approximate surface area is 169 Å². The lowest BCUT2D eigenvalue weighted by atomic mass is 9.97. The third kappa shape index (κ3) is 8.80. The van der Waals surface area contributed by atoms with E-state index < -0.39 is 11.7 Å². The van der Waals surface area contributed by atoms with Crippen molar-refractivity contribution in [2.45, 2.75) is 71.9 Å². The second-order valence-corrected chi connectivity index (χ2v) is 8.07. The average molecular weight is 399 g/mol. The van der Waals surface area contributed by atoms with Gasteiger partial charge in [-0.05, 0) is 47.0 Å². The number of carbonyl (C=O) groups excluding carboxylic acids is 2. The standard InChI is InChI=1S/C20H38N4O4/c1-7-9-16(23-19(26)28-20(3,4)5)14-22-18(21-6)24-12-10-15(11-13-24)17(25)27-8-2/h15-16H,7-14H2,1-6H3,(H,21,22)(H,23,26). The van der Waals surface area contributed by atoms with E-state index in [2.05, 4.69) is 27.4 Å². The molecule has 0 bridgehead atoms. The minimum absolute atomic E-state index is 0.0315. The van der Waals surface area contributed by atoms with Crippen LogP contribution in [0.15, 0.2) is 4.99 Å². The predicted molar refractivity (Wildman–Crippen MR) is 110 cm³/mol. The molecule has 1 fully saturated rings. The maximum absolute atomic E-state index is 12.1. The number of guanidine groups is 1. The molecule has 1 heterocycles. The largest absolute Gasteiger partial charge is 0.466 e. The number of esters is 1. The number of likely N-dealkylation sites (tertiary alicyclic amines) is 1. The molecule has 8 nitrogen and oxygen atoms in total. The van der Waals surface area contributed by atoms with Crippen molar-refractivity contribution in [3.63, 3.8) is 0 Å². The second kappa shape index (κ2) is 11.8. The molecule has 0 aromatic carbocycles. The lowest BCUT2D eigenvalue weighted by molar-refractivity contribution is -0.149. The molecule has 0 spiro atoms. The third-order valence-electron chi connectivity index (χ3n) is 4.49. The van der Waals surface area contributed by atoms with E-state index in [1.807, 2.05) is 27.7 Å². The summed E-state index contributed by atoms with van der Waals surface area (Å²) in [6.45, 7) is 11.9. The number of hydrogen-bond acceptors (Lipinski definition) is 5. The van der Waals surface area contributed by atoms with E-state index in [0.717, 1.165) is 44.7 Å². The number of rotatable bonds is 7. The fraction of sp³-hybridized carbons (Fsp3) is 0.850. The average Bonchev–Trinajstić information content (AvgIpc) is 2.61. The van der Waals surface area contributed by atoms with Gasteiger partial charge in [0, 0.05) is 32.7 Å². The van der Waals surface area contributed by atoms with Gasteiger partial charge in [-0.15, -0.1) is 0 Å². The predicted octanol–water partition coefficient (Wildman–Crippen LogP) is 2.53. The zero-order valence-corrected chi connectivity index (χ0v) is 18.3. The van der Waals surface area contributed by atoms with Gasteiger partial charge in [0.15, 0.2) is 5.96 Å². The van der Waals surface area contributed by atoms with E-state index in [9.17, 15) is 9.59 Å².